The van der Waals surface area contributed by atoms with E-state index in [1.807, 2.05) is 39.0 Å². The summed E-state index contributed by atoms with van der Waals surface area (Å²) in [6.07, 6.45) is 0. The molecule has 1 unspecified atom stereocenters. The summed E-state index contributed by atoms with van der Waals surface area (Å²) < 4.78 is 0.848. The Hall–Kier alpha value is -0.940. The quantitative estimate of drug-likeness (QED) is 0.834. The van der Waals surface area contributed by atoms with Crippen molar-refractivity contribution in [3.63, 3.8) is 0 Å². The molecule has 0 heterocycles. The third-order valence-corrected chi connectivity index (χ3v) is 3.55. The minimum atomic E-state index is -0.451. The fourth-order valence-corrected chi connectivity index (χ4v) is 2.66. The standard InChI is InChI=1S/C13H17BrN2OS/c1-7(2)11(12(15)18)13(17)16-10-5-4-8(3)6-9(10)14/h4-7,11H,1-3H3,(H2,15,18)(H,16,17). The van der Waals surface area contributed by atoms with Crippen LogP contribution in [-0.2, 0) is 4.79 Å². The molecular weight excluding hydrogens is 312 g/mol. The van der Waals surface area contributed by atoms with Gasteiger partial charge in [-0.15, -0.1) is 0 Å². The Labute approximate surface area is 121 Å². The Kier molecular flexibility index (Phi) is 5.28. The second-order valence-corrected chi connectivity index (χ2v) is 5.92. The van der Waals surface area contributed by atoms with Gasteiger partial charge in [-0.05, 0) is 46.5 Å². The van der Waals surface area contributed by atoms with Gasteiger partial charge >= 0.3 is 0 Å². The molecule has 1 amide bonds. The zero-order chi connectivity index (χ0) is 13.9. The topological polar surface area (TPSA) is 55.1 Å². The molecule has 1 aromatic rings. The van der Waals surface area contributed by atoms with Crippen molar-refractivity contribution in [3.8, 4) is 0 Å². The predicted octanol–water partition coefficient (Wildman–Crippen LogP) is 3.25. The number of halogens is 1. The molecule has 0 saturated carbocycles. The molecule has 3 N–H and O–H groups in total. The van der Waals surface area contributed by atoms with Crippen LogP contribution in [0.3, 0.4) is 0 Å². The molecule has 1 aromatic carbocycles. The number of hydrogen-bond donors (Lipinski definition) is 2. The predicted molar refractivity (Wildman–Crippen MR) is 82.6 cm³/mol. The summed E-state index contributed by atoms with van der Waals surface area (Å²) in [4.78, 5) is 12.4. The van der Waals surface area contributed by atoms with Gasteiger partial charge in [0.15, 0.2) is 0 Å². The minimum Gasteiger partial charge on any atom is -0.393 e. The Balaban J connectivity index is 2.89. The molecule has 18 heavy (non-hydrogen) atoms. The summed E-state index contributed by atoms with van der Waals surface area (Å²) in [7, 11) is 0. The number of nitrogens with two attached hydrogens (primary N) is 1. The van der Waals surface area contributed by atoms with Gasteiger partial charge in [-0.2, -0.15) is 0 Å². The molecule has 3 nitrogen and oxygen atoms in total. The van der Waals surface area contributed by atoms with Crippen molar-refractivity contribution in [1.82, 2.24) is 0 Å². The number of thiocarbonyl (C=S) groups is 1. The molecule has 0 aliphatic rings. The summed E-state index contributed by atoms with van der Waals surface area (Å²) in [5, 5.41) is 2.85. The van der Waals surface area contributed by atoms with E-state index in [9.17, 15) is 4.79 Å². The van der Waals surface area contributed by atoms with Gasteiger partial charge in [0.2, 0.25) is 5.91 Å². The Bertz CT molecular complexity index is 474. The van der Waals surface area contributed by atoms with Crippen molar-refractivity contribution < 1.29 is 4.79 Å². The average molecular weight is 329 g/mol. The molecule has 5 heteroatoms. The lowest BCUT2D eigenvalue weighted by Crippen LogP contribution is -2.36. The summed E-state index contributed by atoms with van der Waals surface area (Å²) in [6.45, 7) is 5.84. The molecule has 1 atom stereocenters. The molecular formula is C13H17BrN2OS. The van der Waals surface area contributed by atoms with Gasteiger partial charge in [-0.3, -0.25) is 4.79 Å². The van der Waals surface area contributed by atoms with Crippen LogP contribution in [0.5, 0.6) is 0 Å². The fourth-order valence-electron chi connectivity index (χ4n) is 1.69. The SMILES string of the molecule is Cc1ccc(NC(=O)C(C(N)=S)C(C)C)c(Br)c1. The first kappa shape index (κ1) is 15.1. The van der Waals surface area contributed by atoms with Gasteiger partial charge < -0.3 is 11.1 Å². The molecule has 0 bridgehead atoms. The maximum absolute atomic E-state index is 12.1. The number of carbonyl (C=O) groups excluding carboxylic acids is 1. The summed E-state index contributed by atoms with van der Waals surface area (Å²) in [6, 6.07) is 5.74. The minimum absolute atomic E-state index is 0.0757. The van der Waals surface area contributed by atoms with Crippen molar-refractivity contribution in [3.05, 3.63) is 28.2 Å². The van der Waals surface area contributed by atoms with Gasteiger partial charge in [0, 0.05) is 4.47 Å². The third-order valence-electron chi connectivity index (χ3n) is 2.64. The fraction of sp³-hybridized carbons (Fsp3) is 0.385. The van der Waals surface area contributed by atoms with Crippen LogP contribution in [0.2, 0.25) is 0 Å². The van der Waals surface area contributed by atoms with Gasteiger partial charge in [0.25, 0.3) is 0 Å². The molecule has 0 spiro atoms. The van der Waals surface area contributed by atoms with Crippen LogP contribution in [0.25, 0.3) is 0 Å². The van der Waals surface area contributed by atoms with Crippen LogP contribution in [0.4, 0.5) is 5.69 Å². The highest BCUT2D eigenvalue weighted by Crippen LogP contribution is 2.24. The average Bonchev–Trinajstić information content (AvgIpc) is 2.21. The van der Waals surface area contributed by atoms with E-state index in [0.29, 0.717) is 0 Å². The molecule has 0 saturated heterocycles. The molecule has 0 aromatic heterocycles. The number of hydrogen-bond acceptors (Lipinski definition) is 2. The number of amides is 1. The smallest absolute Gasteiger partial charge is 0.234 e. The lowest BCUT2D eigenvalue weighted by atomic mass is 9.95. The first-order chi connectivity index (χ1) is 8.32. The van der Waals surface area contributed by atoms with E-state index in [1.165, 1.54) is 0 Å². The third kappa shape index (κ3) is 3.78. The lowest BCUT2D eigenvalue weighted by Gasteiger charge is -2.19. The van der Waals surface area contributed by atoms with E-state index in [2.05, 4.69) is 21.2 Å². The van der Waals surface area contributed by atoms with Crippen molar-refractivity contribution in [2.24, 2.45) is 17.6 Å². The van der Waals surface area contributed by atoms with E-state index in [1.54, 1.807) is 0 Å². The molecule has 0 aliphatic heterocycles. The van der Waals surface area contributed by atoms with Crippen LogP contribution < -0.4 is 11.1 Å². The summed E-state index contributed by atoms with van der Waals surface area (Å²) in [5.74, 6) is -0.540. The van der Waals surface area contributed by atoms with E-state index in [0.717, 1.165) is 15.7 Å². The highest BCUT2D eigenvalue weighted by atomic mass is 79.9. The number of rotatable bonds is 4. The normalized spacial score (nSPS) is 12.3. The van der Waals surface area contributed by atoms with Crippen LogP contribution in [-0.4, -0.2) is 10.9 Å². The van der Waals surface area contributed by atoms with Gasteiger partial charge in [-0.1, -0.05) is 32.1 Å². The van der Waals surface area contributed by atoms with Crippen molar-refractivity contribution in [2.45, 2.75) is 20.8 Å². The van der Waals surface area contributed by atoms with Crippen LogP contribution >= 0.6 is 28.1 Å². The Morgan fingerprint density at radius 1 is 1.44 bits per heavy atom. The number of carbonyl (C=O) groups is 1. The Morgan fingerprint density at radius 2 is 2.06 bits per heavy atom. The maximum atomic E-state index is 12.1. The molecule has 0 radical (unpaired) electrons. The van der Waals surface area contributed by atoms with E-state index < -0.39 is 5.92 Å². The van der Waals surface area contributed by atoms with Gasteiger partial charge in [0.1, 0.15) is 0 Å². The molecule has 0 aliphatic carbocycles. The number of aryl methyl sites for hydroxylation is 1. The van der Waals surface area contributed by atoms with Crippen molar-refractivity contribution in [2.75, 3.05) is 5.32 Å². The summed E-state index contributed by atoms with van der Waals surface area (Å²) in [5.41, 5.74) is 7.46. The van der Waals surface area contributed by atoms with E-state index >= 15 is 0 Å². The zero-order valence-electron chi connectivity index (χ0n) is 10.7. The van der Waals surface area contributed by atoms with Gasteiger partial charge in [0.05, 0.1) is 16.6 Å². The monoisotopic (exact) mass is 328 g/mol. The van der Waals surface area contributed by atoms with Crippen molar-refractivity contribution in [1.29, 1.82) is 0 Å². The largest absolute Gasteiger partial charge is 0.393 e. The number of benzene rings is 1. The number of nitrogens with one attached hydrogen (secondary N) is 1. The summed E-state index contributed by atoms with van der Waals surface area (Å²) >= 11 is 8.36. The maximum Gasteiger partial charge on any atom is 0.234 e. The molecule has 1 rings (SSSR count). The molecule has 0 fully saturated rings. The first-order valence-electron chi connectivity index (χ1n) is 5.69. The van der Waals surface area contributed by atoms with Crippen LogP contribution in [0.15, 0.2) is 22.7 Å². The van der Waals surface area contributed by atoms with Gasteiger partial charge in [-0.25, -0.2) is 0 Å². The van der Waals surface area contributed by atoms with Crippen LogP contribution in [0, 0.1) is 18.8 Å². The highest BCUT2D eigenvalue weighted by molar-refractivity contribution is 9.10. The van der Waals surface area contributed by atoms with Crippen molar-refractivity contribution >= 4 is 44.7 Å². The molecule has 98 valence electrons. The Morgan fingerprint density at radius 3 is 2.50 bits per heavy atom. The first-order valence-corrected chi connectivity index (χ1v) is 6.89. The van der Waals surface area contributed by atoms with E-state index in [4.69, 9.17) is 18.0 Å². The second kappa shape index (κ2) is 6.29. The highest BCUT2D eigenvalue weighted by Gasteiger charge is 2.25. The second-order valence-electron chi connectivity index (χ2n) is 4.60. The lowest BCUT2D eigenvalue weighted by molar-refractivity contribution is -0.118. The number of anilines is 1. The van der Waals surface area contributed by atoms with Crippen LogP contribution in [0.1, 0.15) is 19.4 Å². The zero-order valence-corrected chi connectivity index (χ0v) is 13.1. The van der Waals surface area contributed by atoms with E-state index in [-0.39, 0.29) is 16.8 Å².